The second-order valence-corrected chi connectivity index (χ2v) is 14.9. The van der Waals surface area contributed by atoms with Crippen LogP contribution in [0.1, 0.15) is 53.4 Å². The van der Waals surface area contributed by atoms with Crippen LogP contribution in [0.4, 0.5) is 15.8 Å². The zero-order valence-electron chi connectivity index (χ0n) is 31.2. The van der Waals surface area contributed by atoms with Crippen LogP contribution in [0.15, 0.2) is 83.5 Å². The van der Waals surface area contributed by atoms with Crippen molar-refractivity contribution in [3.05, 3.63) is 84.9 Å². The van der Waals surface area contributed by atoms with Crippen LogP contribution in [0, 0.1) is 17.7 Å². The number of anilines is 2. The number of amides is 4. The minimum atomic E-state index is -0.661. The second kappa shape index (κ2) is 16.4. The van der Waals surface area contributed by atoms with Gasteiger partial charge in [-0.2, -0.15) is 0 Å². The number of carbonyl (C=O) groups is 4. The molecule has 4 aromatic rings. The maximum Gasteiger partial charge on any atom is 0.247 e. The van der Waals surface area contributed by atoms with Gasteiger partial charge in [0.25, 0.3) is 0 Å². The van der Waals surface area contributed by atoms with Crippen molar-refractivity contribution in [2.24, 2.45) is 23.3 Å². The van der Waals surface area contributed by atoms with Crippen molar-refractivity contribution in [1.29, 1.82) is 0 Å². The highest BCUT2D eigenvalue weighted by molar-refractivity contribution is 6.00. The van der Waals surface area contributed by atoms with E-state index < -0.39 is 24.2 Å². The number of carbonyl (C=O) groups excluding carboxylic acids is 4. The lowest BCUT2D eigenvalue weighted by atomic mass is 9.94. The third kappa shape index (κ3) is 8.09. The fourth-order valence-electron chi connectivity index (χ4n) is 7.13. The molecule has 0 spiro atoms. The van der Waals surface area contributed by atoms with Gasteiger partial charge in [-0.05, 0) is 97.2 Å². The Balaban J connectivity index is 1.20. The number of nitrogens with one attached hydrogen (secondary N) is 2. The van der Waals surface area contributed by atoms with Gasteiger partial charge in [-0.15, -0.1) is 0 Å². The molecule has 0 saturated carbocycles. The summed E-state index contributed by atoms with van der Waals surface area (Å²) in [4.78, 5) is 55.7. The van der Waals surface area contributed by atoms with Crippen LogP contribution in [-0.4, -0.2) is 70.7 Å². The average molecular weight is 737 g/mol. The molecule has 4 atom stereocenters. The number of hydrogen-bond donors (Lipinski definition) is 4. The summed E-state index contributed by atoms with van der Waals surface area (Å²) in [5.74, 6) is -0.835. The van der Waals surface area contributed by atoms with Crippen molar-refractivity contribution in [3.8, 4) is 33.6 Å². The summed E-state index contributed by atoms with van der Waals surface area (Å²) in [5.41, 5.74) is 17.2. The summed E-state index contributed by atoms with van der Waals surface area (Å²) >= 11 is 0. The first-order chi connectivity index (χ1) is 25.8. The van der Waals surface area contributed by atoms with Crippen LogP contribution in [-0.2, 0) is 19.2 Å². The van der Waals surface area contributed by atoms with Crippen molar-refractivity contribution < 1.29 is 28.0 Å². The molecule has 6 rings (SSSR count). The number of nitrogens with two attached hydrogens (primary N) is 2. The van der Waals surface area contributed by atoms with Crippen molar-refractivity contribution in [2.45, 2.75) is 77.5 Å². The van der Waals surface area contributed by atoms with Gasteiger partial charge in [0, 0.05) is 41.2 Å². The molecule has 0 aliphatic carbocycles. The highest BCUT2D eigenvalue weighted by Crippen LogP contribution is 2.42. The molecule has 3 aromatic carbocycles. The van der Waals surface area contributed by atoms with Crippen molar-refractivity contribution >= 4 is 35.0 Å². The molecule has 2 aliphatic heterocycles. The van der Waals surface area contributed by atoms with E-state index in [1.165, 1.54) is 12.1 Å². The summed E-state index contributed by atoms with van der Waals surface area (Å²) < 4.78 is 20.2. The summed E-state index contributed by atoms with van der Waals surface area (Å²) in [5, 5.41) is 5.91. The van der Waals surface area contributed by atoms with Crippen LogP contribution in [0.2, 0.25) is 0 Å². The zero-order chi connectivity index (χ0) is 38.7. The number of likely N-dealkylation sites (tertiary alicyclic amines) is 2. The van der Waals surface area contributed by atoms with Crippen molar-refractivity contribution in [1.82, 2.24) is 9.80 Å². The van der Waals surface area contributed by atoms with E-state index >= 15 is 0 Å². The highest BCUT2D eigenvalue weighted by Gasteiger charge is 2.38. The van der Waals surface area contributed by atoms with Crippen LogP contribution in [0.5, 0.6) is 0 Å². The summed E-state index contributed by atoms with van der Waals surface area (Å²) in [7, 11) is 0. The first-order valence-electron chi connectivity index (χ1n) is 18.7. The molecule has 2 saturated heterocycles. The molecule has 2 aliphatic rings. The van der Waals surface area contributed by atoms with E-state index in [0.29, 0.717) is 43.1 Å². The smallest absolute Gasteiger partial charge is 0.247 e. The van der Waals surface area contributed by atoms with E-state index in [-0.39, 0.29) is 41.3 Å². The molecule has 0 bridgehead atoms. The van der Waals surface area contributed by atoms with E-state index in [0.717, 1.165) is 40.7 Å². The number of benzene rings is 3. The molecule has 6 N–H and O–H groups in total. The van der Waals surface area contributed by atoms with Crippen LogP contribution < -0.4 is 22.1 Å². The Morgan fingerprint density at radius 2 is 1.09 bits per heavy atom. The maximum absolute atomic E-state index is 14.0. The molecule has 284 valence electrons. The largest absolute Gasteiger partial charge is 0.463 e. The van der Waals surface area contributed by atoms with E-state index in [1.54, 1.807) is 52.5 Å². The van der Waals surface area contributed by atoms with Gasteiger partial charge < -0.3 is 36.3 Å². The number of nitrogens with zero attached hydrogens (tertiary/aromatic N) is 2. The minimum absolute atomic E-state index is 0.0354. The molecule has 54 heavy (non-hydrogen) atoms. The molecular formula is C42H49FN6O5. The predicted molar refractivity (Wildman–Crippen MR) is 207 cm³/mol. The fourth-order valence-corrected chi connectivity index (χ4v) is 7.13. The standard InChI is InChI=1S/C42H49FN6O5/c1-24(2)36(44)41(52)48-21-5-7-33(48)39(50)46-30-17-11-26(12-18-30)32-23-54-38(35(32)27-9-15-29(43)16-10-27)28-13-19-31(20-14-28)47-40(51)34-8-6-22-49(34)42(53)37(45)25(3)4/h9-20,23-25,33-34,36-37H,5-8,21-22,44-45H2,1-4H3,(H,46,50)(H,47,51)/t33-,34-,36-,37-/m0/s1. The summed E-state index contributed by atoms with van der Waals surface area (Å²) in [6.07, 6.45) is 4.24. The van der Waals surface area contributed by atoms with E-state index in [1.807, 2.05) is 52.0 Å². The quantitative estimate of drug-likeness (QED) is 0.142. The Bertz CT molecular complexity index is 1860. The SMILES string of the molecule is CC(C)[C@H](N)C(=O)N1CCC[C@H]1C(=O)Nc1ccc(-c2coc(-c3ccc(NC(=O)[C@@H]4CCCN4C(=O)[C@@H](N)C(C)C)cc3)c2-c2ccc(F)cc2)cc1. The van der Waals surface area contributed by atoms with Crippen LogP contribution >= 0.6 is 0 Å². The van der Waals surface area contributed by atoms with Gasteiger partial charge >= 0.3 is 0 Å². The first kappa shape index (κ1) is 38.4. The van der Waals surface area contributed by atoms with Crippen LogP contribution in [0.25, 0.3) is 33.6 Å². The normalized spacial score (nSPS) is 18.2. The Hall–Kier alpha value is -5.33. The fraction of sp³-hybridized carbons (Fsp3) is 0.381. The first-order valence-corrected chi connectivity index (χ1v) is 18.7. The molecule has 0 unspecified atom stereocenters. The van der Waals surface area contributed by atoms with Gasteiger partial charge in [-0.1, -0.05) is 52.0 Å². The molecule has 0 radical (unpaired) electrons. The lowest BCUT2D eigenvalue weighted by molar-refractivity contribution is -0.138. The Morgan fingerprint density at radius 3 is 1.54 bits per heavy atom. The van der Waals surface area contributed by atoms with Gasteiger partial charge in [0.1, 0.15) is 23.7 Å². The Kier molecular flexibility index (Phi) is 11.6. The Labute approximate surface area is 315 Å². The molecule has 11 nitrogen and oxygen atoms in total. The minimum Gasteiger partial charge on any atom is -0.463 e. The van der Waals surface area contributed by atoms with Crippen molar-refractivity contribution in [3.63, 3.8) is 0 Å². The number of rotatable bonds is 11. The second-order valence-electron chi connectivity index (χ2n) is 14.9. The lowest BCUT2D eigenvalue weighted by Gasteiger charge is -2.28. The van der Waals surface area contributed by atoms with E-state index in [2.05, 4.69) is 10.6 Å². The number of halogens is 1. The van der Waals surface area contributed by atoms with Gasteiger partial charge in [0.05, 0.1) is 18.3 Å². The number of furan rings is 1. The average Bonchev–Trinajstić information content (AvgIpc) is 3.95. The van der Waals surface area contributed by atoms with Crippen LogP contribution in [0.3, 0.4) is 0 Å². The van der Waals surface area contributed by atoms with Gasteiger partial charge in [0.2, 0.25) is 23.6 Å². The molecule has 4 amide bonds. The monoisotopic (exact) mass is 736 g/mol. The maximum atomic E-state index is 14.0. The topological polar surface area (TPSA) is 164 Å². The molecule has 12 heteroatoms. The van der Waals surface area contributed by atoms with Crippen molar-refractivity contribution in [2.75, 3.05) is 23.7 Å². The third-order valence-electron chi connectivity index (χ3n) is 10.5. The highest BCUT2D eigenvalue weighted by atomic mass is 19.1. The Morgan fingerprint density at radius 1 is 0.667 bits per heavy atom. The third-order valence-corrected chi connectivity index (χ3v) is 10.5. The molecular weight excluding hydrogens is 687 g/mol. The van der Waals surface area contributed by atoms with Gasteiger partial charge in [-0.25, -0.2) is 4.39 Å². The number of hydrogen-bond acceptors (Lipinski definition) is 7. The molecule has 2 fully saturated rings. The van der Waals surface area contributed by atoms with Gasteiger partial charge in [-0.3, -0.25) is 19.2 Å². The van der Waals surface area contributed by atoms with Gasteiger partial charge in [0.15, 0.2) is 0 Å². The predicted octanol–water partition coefficient (Wildman–Crippen LogP) is 6.25. The summed E-state index contributed by atoms with van der Waals surface area (Å²) in [6, 6.07) is 18.2. The molecule has 3 heterocycles. The lowest BCUT2D eigenvalue weighted by Crippen LogP contribution is -2.51. The van der Waals surface area contributed by atoms with E-state index in [4.69, 9.17) is 15.9 Å². The van der Waals surface area contributed by atoms with E-state index in [9.17, 15) is 23.6 Å². The summed E-state index contributed by atoms with van der Waals surface area (Å²) in [6.45, 7) is 8.55. The zero-order valence-corrected chi connectivity index (χ0v) is 31.2. The molecule has 1 aromatic heterocycles.